The Morgan fingerprint density at radius 2 is 1.95 bits per heavy atom. The van der Waals surface area contributed by atoms with E-state index in [0.717, 1.165) is 32.5 Å². The van der Waals surface area contributed by atoms with Crippen LogP contribution in [0.15, 0.2) is 35.3 Å². The number of nitrogens with zero attached hydrogens (tertiary/aromatic N) is 2. The van der Waals surface area contributed by atoms with E-state index in [0.29, 0.717) is 0 Å². The van der Waals surface area contributed by atoms with Gasteiger partial charge in [-0.2, -0.15) is 0 Å². The largest absolute Gasteiger partial charge is 0.376 e. The van der Waals surface area contributed by atoms with Crippen LogP contribution in [0.4, 0.5) is 0 Å². The fraction of sp³-hybridized carbons (Fsp3) is 0.611. The molecule has 0 spiro atoms. The molecule has 0 bridgehead atoms. The highest BCUT2D eigenvalue weighted by Crippen LogP contribution is 2.38. The monoisotopic (exact) mass is 288 g/mol. The van der Waals surface area contributed by atoms with Crippen molar-refractivity contribution in [2.75, 3.05) is 27.2 Å². The summed E-state index contributed by atoms with van der Waals surface area (Å²) >= 11 is 0. The van der Waals surface area contributed by atoms with E-state index >= 15 is 0 Å². The standard InChI is InChI=1S/C18H28N2O/c1-17(2)13-18(10-11-21-17,15-20(3)4)14-19-12-16-8-6-5-7-9-16/h5-9,14H,10-13,15H2,1-4H3/t18-/m0/s1. The van der Waals surface area contributed by atoms with Crippen molar-refractivity contribution in [2.45, 2.75) is 38.8 Å². The molecule has 0 aliphatic carbocycles. The second-order valence-electron chi connectivity index (χ2n) is 7.09. The molecular formula is C18H28N2O. The van der Waals surface area contributed by atoms with Gasteiger partial charge in [0.05, 0.1) is 12.1 Å². The van der Waals surface area contributed by atoms with E-state index in [1.54, 1.807) is 0 Å². The van der Waals surface area contributed by atoms with Gasteiger partial charge in [0.2, 0.25) is 0 Å². The molecule has 1 aromatic rings. The molecule has 1 atom stereocenters. The first kappa shape index (κ1) is 16.2. The lowest BCUT2D eigenvalue weighted by molar-refractivity contribution is -0.0887. The zero-order chi connectivity index (χ0) is 15.3. The van der Waals surface area contributed by atoms with Crippen molar-refractivity contribution in [1.29, 1.82) is 0 Å². The number of hydrogen-bond donors (Lipinski definition) is 0. The second-order valence-corrected chi connectivity index (χ2v) is 7.09. The van der Waals surface area contributed by atoms with Crippen molar-refractivity contribution >= 4 is 6.21 Å². The Labute approximate surface area is 129 Å². The SMILES string of the molecule is CN(C)C[C@@]1(C=NCc2ccccc2)CCOC(C)(C)C1. The summed E-state index contributed by atoms with van der Waals surface area (Å²) in [5.41, 5.74) is 1.33. The van der Waals surface area contributed by atoms with Gasteiger partial charge >= 0.3 is 0 Å². The van der Waals surface area contributed by atoms with E-state index < -0.39 is 0 Å². The Bertz CT molecular complexity index is 467. The van der Waals surface area contributed by atoms with Crippen LogP contribution in [0, 0.1) is 5.41 Å². The zero-order valence-electron chi connectivity index (χ0n) is 13.8. The van der Waals surface area contributed by atoms with Crippen molar-refractivity contribution < 1.29 is 4.74 Å². The molecule has 1 aromatic carbocycles. The van der Waals surface area contributed by atoms with E-state index in [1.165, 1.54) is 5.56 Å². The molecule has 3 nitrogen and oxygen atoms in total. The minimum absolute atomic E-state index is 0.0625. The third-order valence-electron chi connectivity index (χ3n) is 3.98. The van der Waals surface area contributed by atoms with Gasteiger partial charge in [-0.1, -0.05) is 30.3 Å². The second kappa shape index (κ2) is 6.71. The molecule has 1 aliphatic heterocycles. The molecule has 0 radical (unpaired) electrons. The van der Waals surface area contributed by atoms with Crippen LogP contribution in [0.3, 0.4) is 0 Å². The van der Waals surface area contributed by atoms with Gasteiger partial charge in [0.1, 0.15) is 0 Å². The van der Waals surface area contributed by atoms with Crippen LogP contribution in [0.25, 0.3) is 0 Å². The first-order chi connectivity index (χ1) is 9.91. The number of rotatable bonds is 5. The molecule has 1 fully saturated rings. The Morgan fingerprint density at radius 1 is 1.24 bits per heavy atom. The summed E-state index contributed by atoms with van der Waals surface area (Å²) in [7, 11) is 4.27. The molecule has 2 rings (SSSR count). The third kappa shape index (κ3) is 4.94. The maximum absolute atomic E-state index is 5.89. The summed E-state index contributed by atoms with van der Waals surface area (Å²) < 4.78 is 5.89. The predicted molar refractivity (Wildman–Crippen MR) is 88.9 cm³/mol. The lowest BCUT2D eigenvalue weighted by Gasteiger charge is -2.44. The summed E-state index contributed by atoms with van der Waals surface area (Å²) in [5.74, 6) is 0. The van der Waals surface area contributed by atoms with Gasteiger partial charge in [-0.15, -0.1) is 0 Å². The molecule has 0 unspecified atom stereocenters. The van der Waals surface area contributed by atoms with Crippen molar-refractivity contribution in [3.8, 4) is 0 Å². The van der Waals surface area contributed by atoms with Crippen LogP contribution in [0.1, 0.15) is 32.3 Å². The van der Waals surface area contributed by atoms with E-state index in [1.807, 2.05) is 6.07 Å². The maximum atomic E-state index is 5.89. The molecule has 1 aliphatic rings. The molecule has 3 heteroatoms. The summed E-state index contributed by atoms with van der Waals surface area (Å²) in [6.45, 7) is 6.97. The topological polar surface area (TPSA) is 24.8 Å². The number of ether oxygens (including phenoxy) is 1. The van der Waals surface area contributed by atoms with Crippen LogP contribution in [-0.2, 0) is 11.3 Å². The molecule has 0 saturated carbocycles. The lowest BCUT2D eigenvalue weighted by atomic mass is 9.74. The van der Waals surface area contributed by atoms with Crippen molar-refractivity contribution in [3.05, 3.63) is 35.9 Å². The maximum Gasteiger partial charge on any atom is 0.0636 e. The van der Waals surface area contributed by atoms with Gasteiger partial charge < -0.3 is 9.64 Å². The molecule has 0 aromatic heterocycles. The van der Waals surface area contributed by atoms with Gasteiger partial charge in [0.25, 0.3) is 0 Å². The minimum atomic E-state index is -0.0625. The Hall–Kier alpha value is -1.19. The Kier molecular flexibility index (Phi) is 5.17. The normalized spacial score (nSPS) is 25.6. The van der Waals surface area contributed by atoms with Gasteiger partial charge in [-0.25, -0.2) is 0 Å². The average Bonchev–Trinajstić information content (AvgIpc) is 2.37. The van der Waals surface area contributed by atoms with Crippen LogP contribution < -0.4 is 0 Å². The Balaban J connectivity index is 2.09. The fourth-order valence-electron chi connectivity index (χ4n) is 3.36. The molecule has 21 heavy (non-hydrogen) atoms. The van der Waals surface area contributed by atoms with Crippen LogP contribution >= 0.6 is 0 Å². The molecule has 0 amide bonds. The summed E-state index contributed by atoms with van der Waals surface area (Å²) in [6, 6.07) is 10.4. The number of benzene rings is 1. The van der Waals surface area contributed by atoms with Gasteiger partial charge in [0, 0.05) is 24.8 Å². The molecule has 116 valence electrons. The third-order valence-corrected chi connectivity index (χ3v) is 3.98. The lowest BCUT2D eigenvalue weighted by Crippen LogP contribution is -2.47. The highest BCUT2D eigenvalue weighted by atomic mass is 16.5. The van der Waals surface area contributed by atoms with Crippen LogP contribution in [-0.4, -0.2) is 44.0 Å². The Morgan fingerprint density at radius 3 is 2.57 bits per heavy atom. The molecule has 1 saturated heterocycles. The molecular weight excluding hydrogens is 260 g/mol. The predicted octanol–water partition coefficient (Wildman–Crippen LogP) is 3.39. The highest BCUT2D eigenvalue weighted by Gasteiger charge is 2.40. The number of aliphatic imine (C=N–C) groups is 1. The quantitative estimate of drug-likeness (QED) is 0.776. The van der Waals surface area contributed by atoms with Gasteiger partial charge in [0.15, 0.2) is 0 Å². The van der Waals surface area contributed by atoms with Crippen LogP contribution in [0.5, 0.6) is 0 Å². The number of hydrogen-bond acceptors (Lipinski definition) is 3. The molecule has 1 heterocycles. The van der Waals surface area contributed by atoms with Gasteiger partial charge in [-0.05, 0) is 46.3 Å². The van der Waals surface area contributed by atoms with E-state index in [-0.39, 0.29) is 11.0 Å². The van der Waals surface area contributed by atoms with Crippen LogP contribution in [0.2, 0.25) is 0 Å². The first-order valence-electron chi connectivity index (χ1n) is 7.75. The van der Waals surface area contributed by atoms with Crippen molar-refractivity contribution in [1.82, 2.24) is 4.90 Å². The zero-order valence-corrected chi connectivity index (χ0v) is 13.8. The van der Waals surface area contributed by atoms with Crippen molar-refractivity contribution in [3.63, 3.8) is 0 Å². The van der Waals surface area contributed by atoms with Crippen molar-refractivity contribution in [2.24, 2.45) is 10.4 Å². The minimum Gasteiger partial charge on any atom is -0.376 e. The fourth-order valence-corrected chi connectivity index (χ4v) is 3.36. The van der Waals surface area contributed by atoms with E-state index in [2.05, 4.69) is 63.3 Å². The average molecular weight is 288 g/mol. The van der Waals surface area contributed by atoms with E-state index in [9.17, 15) is 0 Å². The summed E-state index contributed by atoms with van der Waals surface area (Å²) in [6.07, 6.45) is 4.27. The van der Waals surface area contributed by atoms with Gasteiger partial charge in [-0.3, -0.25) is 4.99 Å². The summed E-state index contributed by atoms with van der Waals surface area (Å²) in [4.78, 5) is 7.01. The highest BCUT2D eigenvalue weighted by molar-refractivity contribution is 5.66. The van der Waals surface area contributed by atoms with E-state index in [4.69, 9.17) is 9.73 Å². The smallest absolute Gasteiger partial charge is 0.0636 e. The molecule has 0 N–H and O–H groups in total. The first-order valence-corrected chi connectivity index (χ1v) is 7.75. The summed E-state index contributed by atoms with van der Waals surface area (Å²) in [5, 5.41) is 0.